The number of nitrogens with zero attached hydrogens (tertiary/aromatic N) is 1. The van der Waals surface area contributed by atoms with E-state index in [1.807, 2.05) is 0 Å². The van der Waals surface area contributed by atoms with Crippen LogP contribution in [-0.2, 0) is 0 Å². The average Bonchev–Trinajstić information content (AvgIpc) is 2.29. The summed E-state index contributed by atoms with van der Waals surface area (Å²) in [6.07, 6.45) is 2.66. The van der Waals surface area contributed by atoms with Crippen LogP contribution in [0.25, 0.3) is 0 Å². The van der Waals surface area contributed by atoms with Crippen LogP contribution in [0.2, 0.25) is 0 Å². The number of anilines is 1. The largest absolute Gasteiger partial charge is 0.371 e. The number of nitrogens with two attached hydrogens (primary N) is 1. The first-order chi connectivity index (χ1) is 7.68. The van der Waals surface area contributed by atoms with Crippen LogP contribution >= 0.6 is 0 Å². The van der Waals surface area contributed by atoms with E-state index >= 15 is 0 Å². The van der Waals surface area contributed by atoms with E-state index in [0.717, 1.165) is 5.92 Å². The second-order valence-corrected chi connectivity index (χ2v) is 5.04. The Kier molecular flexibility index (Phi) is 3.49. The Labute approximate surface area is 98.4 Å². The van der Waals surface area contributed by atoms with Gasteiger partial charge in [-0.1, -0.05) is 25.1 Å². The Morgan fingerprint density at radius 3 is 2.81 bits per heavy atom. The Morgan fingerprint density at radius 1 is 1.38 bits per heavy atom. The summed E-state index contributed by atoms with van der Waals surface area (Å²) in [5, 5.41) is 0. The van der Waals surface area contributed by atoms with E-state index in [9.17, 15) is 0 Å². The summed E-state index contributed by atoms with van der Waals surface area (Å²) < 4.78 is 0. The summed E-state index contributed by atoms with van der Waals surface area (Å²) in [6.45, 7) is 6.74. The molecule has 1 unspecified atom stereocenters. The first-order valence-corrected chi connectivity index (χ1v) is 6.28. The van der Waals surface area contributed by atoms with Gasteiger partial charge < -0.3 is 10.6 Å². The molecule has 0 saturated carbocycles. The van der Waals surface area contributed by atoms with Crippen molar-refractivity contribution < 1.29 is 0 Å². The van der Waals surface area contributed by atoms with Gasteiger partial charge in [-0.15, -0.1) is 0 Å². The fourth-order valence-corrected chi connectivity index (χ4v) is 2.57. The van der Waals surface area contributed by atoms with Gasteiger partial charge in [0.05, 0.1) is 0 Å². The maximum atomic E-state index is 6.03. The molecule has 2 nitrogen and oxygen atoms in total. The van der Waals surface area contributed by atoms with Crippen LogP contribution in [0.1, 0.15) is 38.3 Å². The molecule has 0 amide bonds. The summed E-state index contributed by atoms with van der Waals surface area (Å²) in [5.74, 6) is 0.801. The minimum absolute atomic E-state index is 0.119. The van der Waals surface area contributed by atoms with Crippen molar-refractivity contribution in [2.45, 2.75) is 32.7 Å². The zero-order valence-electron chi connectivity index (χ0n) is 10.3. The molecule has 2 rings (SSSR count). The summed E-state index contributed by atoms with van der Waals surface area (Å²) in [5.41, 5.74) is 8.64. The maximum absolute atomic E-state index is 6.03. The van der Waals surface area contributed by atoms with Gasteiger partial charge in [-0.25, -0.2) is 0 Å². The van der Waals surface area contributed by atoms with Crippen molar-refractivity contribution in [1.29, 1.82) is 0 Å². The molecule has 88 valence electrons. The lowest BCUT2D eigenvalue weighted by atomic mass is 9.97. The average molecular weight is 218 g/mol. The van der Waals surface area contributed by atoms with Crippen LogP contribution in [0, 0.1) is 5.92 Å². The van der Waals surface area contributed by atoms with E-state index < -0.39 is 0 Å². The number of hydrogen-bond donors (Lipinski definition) is 1. The van der Waals surface area contributed by atoms with Gasteiger partial charge in [0.15, 0.2) is 0 Å². The van der Waals surface area contributed by atoms with Crippen molar-refractivity contribution in [2.24, 2.45) is 11.7 Å². The van der Waals surface area contributed by atoms with Crippen LogP contribution in [0.5, 0.6) is 0 Å². The Bertz CT molecular complexity index is 346. The van der Waals surface area contributed by atoms with Crippen molar-refractivity contribution in [3.8, 4) is 0 Å². The summed E-state index contributed by atoms with van der Waals surface area (Å²) in [7, 11) is 0. The van der Waals surface area contributed by atoms with Crippen molar-refractivity contribution in [1.82, 2.24) is 0 Å². The van der Waals surface area contributed by atoms with Gasteiger partial charge in [-0.3, -0.25) is 0 Å². The lowest BCUT2D eigenvalue weighted by molar-refractivity contribution is 0.446. The third-order valence-corrected chi connectivity index (χ3v) is 3.43. The molecular weight excluding hydrogens is 196 g/mol. The number of para-hydroxylation sites is 1. The van der Waals surface area contributed by atoms with Crippen LogP contribution in [0.4, 0.5) is 5.69 Å². The summed E-state index contributed by atoms with van der Waals surface area (Å²) in [4.78, 5) is 2.49. The fourth-order valence-electron chi connectivity index (χ4n) is 2.57. The van der Waals surface area contributed by atoms with Crippen LogP contribution in [0.3, 0.4) is 0 Å². The van der Waals surface area contributed by atoms with Gasteiger partial charge in [0.25, 0.3) is 0 Å². The van der Waals surface area contributed by atoms with Gasteiger partial charge in [0.2, 0.25) is 0 Å². The van der Waals surface area contributed by atoms with E-state index in [-0.39, 0.29) is 6.04 Å². The predicted molar refractivity (Wildman–Crippen MR) is 69.7 cm³/mol. The molecule has 0 radical (unpaired) electrons. The van der Waals surface area contributed by atoms with E-state index in [2.05, 4.69) is 43.0 Å². The number of hydrogen-bond acceptors (Lipinski definition) is 2. The van der Waals surface area contributed by atoms with Crippen molar-refractivity contribution in [3.63, 3.8) is 0 Å². The van der Waals surface area contributed by atoms with Crippen molar-refractivity contribution in [3.05, 3.63) is 29.8 Å². The lowest BCUT2D eigenvalue weighted by Gasteiger charge is -2.34. The zero-order valence-corrected chi connectivity index (χ0v) is 10.3. The van der Waals surface area contributed by atoms with Gasteiger partial charge in [-0.2, -0.15) is 0 Å². The van der Waals surface area contributed by atoms with Crippen molar-refractivity contribution in [2.75, 3.05) is 18.0 Å². The highest BCUT2D eigenvalue weighted by Gasteiger charge is 2.19. The van der Waals surface area contributed by atoms with Crippen LogP contribution in [0.15, 0.2) is 24.3 Å². The highest BCUT2D eigenvalue weighted by Crippen LogP contribution is 2.28. The number of rotatable bonds is 2. The van der Waals surface area contributed by atoms with Gasteiger partial charge in [0.1, 0.15) is 0 Å². The molecule has 0 spiro atoms. The smallest absolute Gasteiger partial charge is 0.0414 e. The Balaban J connectivity index is 2.25. The summed E-state index contributed by atoms with van der Waals surface area (Å²) >= 11 is 0. The van der Waals surface area contributed by atoms with Crippen molar-refractivity contribution >= 4 is 5.69 Å². The van der Waals surface area contributed by atoms with E-state index in [4.69, 9.17) is 5.73 Å². The first-order valence-electron chi connectivity index (χ1n) is 6.28. The predicted octanol–water partition coefficient (Wildman–Crippen LogP) is 2.94. The normalized spacial score (nSPS) is 23.2. The topological polar surface area (TPSA) is 29.3 Å². The van der Waals surface area contributed by atoms with Gasteiger partial charge >= 0.3 is 0 Å². The Morgan fingerprint density at radius 2 is 2.12 bits per heavy atom. The number of benzene rings is 1. The molecule has 1 aromatic carbocycles. The monoisotopic (exact) mass is 218 g/mol. The third-order valence-electron chi connectivity index (χ3n) is 3.43. The molecule has 1 heterocycles. The molecule has 1 aliphatic rings. The highest BCUT2D eigenvalue weighted by molar-refractivity contribution is 5.55. The molecule has 1 aromatic rings. The second kappa shape index (κ2) is 4.88. The molecule has 1 saturated heterocycles. The molecule has 1 aliphatic heterocycles. The van der Waals surface area contributed by atoms with Gasteiger partial charge in [0, 0.05) is 24.8 Å². The maximum Gasteiger partial charge on any atom is 0.0414 e. The molecule has 16 heavy (non-hydrogen) atoms. The second-order valence-electron chi connectivity index (χ2n) is 5.04. The zero-order chi connectivity index (χ0) is 11.5. The minimum Gasteiger partial charge on any atom is -0.371 e. The quantitative estimate of drug-likeness (QED) is 0.827. The molecule has 0 aliphatic carbocycles. The van der Waals surface area contributed by atoms with Crippen LogP contribution < -0.4 is 10.6 Å². The van der Waals surface area contributed by atoms with E-state index in [1.54, 1.807) is 0 Å². The van der Waals surface area contributed by atoms with E-state index in [0.29, 0.717) is 0 Å². The first kappa shape index (κ1) is 11.5. The number of piperidine rings is 1. The SMILES string of the molecule is CC1CCCN(c2ccccc2[C@@H](C)N)C1. The summed E-state index contributed by atoms with van der Waals surface area (Å²) in [6, 6.07) is 8.67. The van der Waals surface area contributed by atoms with Crippen LogP contribution in [-0.4, -0.2) is 13.1 Å². The fraction of sp³-hybridized carbons (Fsp3) is 0.571. The molecule has 0 bridgehead atoms. The lowest BCUT2D eigenvalue weighted by Crippen LogP contribution is -2.35. The molecule has 2 N–H and O–H groups in total. The molecule has 2 atom stereocenters. The Hall–Kier alpha value is -1.02. The molecule has 2 heteroatoms. The standard InChI is InChI=1S/C14H22N2/c1-11-6-5-9-16(10-11)14-8-4-3-7-13(14)12(2)15/h3-4,7-8,11-12H,5-6,9-10,15H2,1-2H3/t11?,12-/m1/s1. The molecule has 1 fully saturated rings. The molecular formula is C14H22N2. The highest BCUT2D eigenvalue weighted by atomic mass is 15.1. The third kappa shape index (κ3) is 2.38. The minimum atomic E-state index is 0.119. The van der Waals surface area contributed by atoms with E-state index in [1.165, 1.54) is 37.2 Å². The molecule has 0 aromatic heterocycles. The van der Waals surface area contributed by atoms with Gasteiger partial charge in [-0.05, 0) is 37.3 Å².